The number of Topliss-reactive ketones (excluding diaryl/α,β-unsaturated/α-hetero) is 1. The van der Waals surface area contributed by atoms with Crippen LogP contribution in [0.2, 0.25) is 10.0 Å². The van der Waals surface area contributed by atoms with Gasteiger partial charge in [-0.3, -0.25) is 9.69 Å². The Hall–Kier alpha value is -1.43. The summed E-state index contributed by atoms with van der Waals surface area (Å²) in [6.07, 6.45) is 1.77. The van der Waals surface area contributed by atoms with Crippen molar-refractivity contribution in [1.82, 2.24) is 10.2 Å². The summed E-state index contributed by atoms with van der Waals surface area (Å²) in [5, 5.41) is 14.3. The molecule has 1 saturated heterocycles. The van der Waals surface area contributed by atoms with Crippen LogP contribution in [-0.4, -0.2) is 48.1 Å². The van der Waals surface area contributed by atoms with Crippen LogP contribution in [0.25, 0.3) is 0 Å². The van der Waals surface area contributed by atoms with Crippen LogP contribution in [0.1, 0.15) is 39.5 Å². The summed E-state index contributed by atoms with van der Waals surface area (Å²) >= 11 is 12.1. The lowest BCUT2D eigenvalue weighted by Gasteiger charge is -2.31. The third kappa shape index (κ3) is 4.27. The Bertz CT molecular complexity index is 887. The van der Waals surface area contributed by atoms with Crippen molar-refractivity contribution in [2.75, 3.05) is 26.2 Å². The molecule has 0 radical (unpaired) electrons. The molecule has 28 heavy (non-hydrogen) atoms. The van der Waals surface area contributed by atoms with E-state index >= 15 is 0 Å². The lowest BCUT2D eigenvalue weighted by Crippen LogP contribution is -2.39. The van der Waals surface area contributed by atoms with Crippen LogP contribution < -0.4 is 5.32 Å². The van der Waals surface area contributed by atoms with Gasteiger partial charge in [-0.1, -0.05) is 47.5 Å². The van der Waals surface area contributed by atoms with Gasteiger partial charge in [0.25, 0.3) is 0 Å². The van der Waals surface area contributed by atoms with E-state index < -0.39 is 0 Å². The number of hydrogen-bond acceptors (Lipinski definition) is 4. The van der Waals surface area contributed by atoms with Crippen molar-refractivity contribution < 1.29 is 9.90 Å². The fourth-order valence-corrected chi connectivity index (χ4v) is 4.60. The Morgan fingerprint density at radius 1 is 1.21 bits per heavy atom. The van der Waals surface area contributed by atoms with Gasteiger partial charge in [0.15, 0.2) is 5.78 Å². The molecule has 2 heterocycles. The van der Waals surface area contributed by atoms with E-state index in [2.05, 4.69) is 16.3 Å². The zero-order valence-corrected chi connectivity index (χ0v) is 17.1. The number of hydrogen-bond donors (Lipinski definition) is 2. The number of rotatable bonds is 5. The Morgan fingerprint density at radius 3 is 2.82 bits per heavy atom. The molecule has 0 saturated carbocycles. The number of fused-ring (bicyclic) bond motifs is 1. The number of ketones is 1. The fourth-order valence-electron chi connectivity index (χ4n) is 4.28. The van der Waals surface area contributed by atoms with Crippen molar-refractivity contribution in [3.8, 4) is 0 Å². The standard InChI is InChI=1S/C22H24Cl2N2O2/c23-19-5-4-14(10-20(19)24)11-22(28)18-3-1-2-17-16(18)6-8-25-21(17)13-26-9-7-15(27)12-26/h1-5,10,15,21,25,27H,6-9,11-13H2. The molecule has 2 aromatic carbocycles. The second-order valence-electron chi connectivity index (χ2n) is 7.68. The minimum atomic E-state index is -0.220. The molecule has 2 aliphatic heterocycles. The predicted octanol–water partition coefficient (Wildman–Crippen LogP) is 3.67. The van der Waals surface area contributed by atoms with Crippen LogP contribution in [0.15, 0.2) is 36.4 Å². The van der Waals surface area contributed by atoms with Crippen LogP contribution in [0.5, 0.6) is 0 Å². The molecule has 2 unspecified atom stereocenters. The molecule has 1 fully saturated rings. The van der Waals surface area contributed by atoms with E-state index in [0.29, 0.717) is 16.5 Å². The minimum absolute atomic E-state index is 0.104. The SMILES string of the molecule is O=C(Cc1ccc(Cl)c(Cl)c1)c1cccc2c1CCNC2CN1CCC(O)C1. The number of benzene rings is 2. The number of halogens is 2. The number of aliphatic hydroxyl groups excluding tert-OH is 1. The van der Waals surface area contributed by atoms with E-state index in [9.17, 15) is 9.90 Å². The topological polar surface area (TPSA) is 52.6 Å². The number of nitrogens with zero attached hydrogens (tertiary/aromatic N) is 1. The first-order chi connectivity index (χ1) is 13.5. The molecule has 0 aromatic heterocycles. The maximum absolute atomic E-state index is 13.0. The predicted molar refractivity (Wildman–Crippen MR) is 112 cm³/mol. The number of aliphatic hydroxyl groups is 1. The van der Waals surface area contributed by atoms with Crippen molar-refractivity contribution in [3.05, 3.63) is 68.7 Å². The summed E-state index contributed by atoms with van der Waals surface area (Å²) in [7, 11) is 0. The monoisotopic (exact) mass is 418 g/mol. The van der Waals surface area contributed by atoms with Crippen molar-refractivity contribution >= 4 is 29.0 Å². The summed E-state index contributed by atoms with van der Waals surface area (Å²) in [5.74, 6) is 0.104. The van der Waals surface area contributed by atoms with Crippen molar-refractivity contribution in [2.24, 2.45) is 0 Å². The molecule has 0 aliphatic carbocycles. The number of nitrogens with one attached hydrogen (secondary N) is 1. The zero-order valence-electron chi connectivity index (χ0n) is 15.6. The minimum Gasteiger partial charge on any atom is -0.392 e. The molecule has 4 nitrogen and oxygen atoms in total. The average molecular weight is 419 g/mol. The molecule has 148 valence electrons. The van der Waals surface area contributed by atoms with Gasteiger partial charge in [-0.15, -0.1) is 0 Å². The number of carbonyl (C=O) groups excluding carboxylic acids is 1. The van der Waals surface area contributed by atoms with Crippen LogP contribution in [0.3, 0.4) is 0 Å². The molecule has 2 aromatic rings. The molecule has 2 N–H and O–H groups in total. The second-order valence-corrected chi connectivity index (χ2v) is 8.49. The van der Waals surface area contributed by atoms with Crippen LogP contribution >= 0.6 is 23.2 Å². The molecule has 0 spiro atoms. The highest BCUT2D eigenvalue weighted by atomic mass is 35.5. The number of β-amino-alcohol motifs (C(OH)–C–C–N with tert-alkyl or cyclic N) is 1. The molecule has 0 amide bonds. The van der Waals surface area contributed by atoms with Crippen LogP contribution in [0.4, 0.5) is 0 Å². The van der Waals surface area contributed by atoms with E-state index in [-0.39, 0.29) is 17.9 Å². The van der Waals surface area contributed by atoms with Gasteiger partial charge < -0.3 is 10.4 Å². The first-order valence-corrected chi connectivity index (χ1v) is 10.5. The van der Waals surface area contributed by atoms with E-state index in [4.69, 9.17) is 23.2 Å². The molecule has 0 bridgehead atoms. The van der Waals surface area contributed by atoms with Gasteiger partial charge in [0.2, 0.25) is 0 Å². The Morgan fingerprint density at radius 2 is 2.07 bits per heavy atom. The van der Waals surface area contributed by atoms with Gasteiger partial charge in [-0.2, -0.15) is 0 Å². The van der Waals surface area contributed by atoms with Gasteiger partial charge >= 0.3 is 0 Å². The van der Waals surface area contributed by atoms with Gasteiger partial charge in [-0.05, 0) is 48.2 Å². The van der Waals surface area contributed by atoms with Crippen molar-refractivity contribution in [3.63, 3.8) is 0 Å². The van der Waals surface area contributed by atoms with Crippen LogP contribution in [-0.2, 0) is 12.8 Å². The third-order valence-electron chi connectivity index (χ3n) is 5.69. The first kappa shape index (κ1) is 19.9. The van der Waals surface area contributed by atoms with E-state index in [1.54, 1.807) is 12.1 Å². The van der Waals surface area contributed by atoms with Gasteiger partial charge in [0.1, 0.15) is 0 Å². The summed E-state index contributed by atoms with van der Waals surface area (Å²) < 4.78 is 0. The summed E-state index contributed by atoms with van der Waals surface area (Å²) in [6.45, 7) is 3.35. The third-order valence-corrected chi connectivity index (χ3v) is 6.43. The maximum atomic E-state index is 13.0. The largest absolute Gasteiger partial charge is 0.392 e. The van der Waals surface area contributed by atoms with Gasteiger partial charge in [0, 0.05) is 37.7 Å². The van der Waals surface area contributed by atoms with E-state index in [1.165, 1.54) is 5.56 Å². The highest BCUT2D eigenvalue weighted by Crippen LogP contribution is 2.29. The summed E-state index contributed by atoms with van der Waals surface area (Å²) in [6, 6.07) is 11.6. The summed E-state index contributed by atoms with van der Waals surface area (Å²) in [4.78, 5) is 15.3. The molecule has 6 heteroatoms. The van der Waals surface area contributed by atoms with Crippen LogP contribution in [0, 0.1) is 0 Å². The molecule has 2 aliphatic rings. The smallest absolute Gasteiger partial charge is 0.167 e. The fraction of sp³-hybridized carbons (Fsp3) is 0.409. The van der Waals surface area contributed by atoms with E-state index in [1.807, 2.05) is 18.2 Å². The Labute approximate surface area is 175 Å². The molecular weight excluding hydrogens is 395 g/mol. The molecule has 4 rings (SSSR count). The number of carbonyl (C=O) groups is 1. The quantitative estimate of drug-likeness (QED) is 0.727. The summed E-state index contributed by atoms with van der Waals surface area (Å²) in [5.41, 5.74) is 4.02. The number of likely N-dealkylation sites (tertiary alicyclic amines) is 1. The average Bonchev–Trinajstić information content (AvgIpc) is 3.09. The van der Waals surface area contributed by atoms with Gasteiger partial charge in [-0.25, -0.2) is 0 Å². The van der Waals surface area contributed by atoms with Crippen molar-refractivity contribution in [1.29, 1.82) is 0 Å². The molecular formula is C22H24Cl2N2O2. The zero-order chi connectivity index (χ0) is 19.7. The van der Waals surface area contributed by atoms with Gasteiger partial charge in [0.05, 0.1) is 16.1 Å². The highest BCUT2D eigenvalue weighted by molar-refractivity contribution is 6.42. The molecule has 2 atom stereocenters. The normalized spacial score (nSPS) is 22.2. The Balaban J connectivity index is 1.54. The first-order valence-electron chi connectivity index (χ1n) is 9.74. The second kappa shape index (κ2) is 8.52. The van der Waals surface area contributed by atoms with Crippen molar-refractivity contribution in [2.45, 2.75) is 31.4 Å². The lowest BCUT2D eigenvalue weighted by molar-refractivity contribution is 0.0991. The maximum Gasteiger partial charge on any atom is 0.167 e. The highest BCUT2D eigenvalue weighted by Gasteiger charge is 2.28. The lowest BCUT2D eigenvalue weighted by atomic mass is 9.87. The Kier molecular flexibility index (Phi) is 6.04. The van der Waals surface area contributed by atoms with E-state index in [0.717, 1.165) is 55.7 Å².